The lowest BCUT2D eigenvalue weighted by molar-refractivity contribution is -0.136. The van der Waals surface area contributed by atoms with Gasteiger partial charge >= 0.3 is 5.97 Å². The summed E-state index contributed by atoms with van der Waals surface area (Å²) in [5.41, 5.74) is 1.84. The quantitative estimate of drug-likeness (QED) is 0.872. The molecule has 0 spiro atoms. The van der Waals surface area contributed by atoms with E-state index in [1.54, 1.807) is 19.1 Å². The van der Waals surface area contributed by atoms with E-state index in [-0.39, 0.29) is 12.2 Å². The Labute approximate surface area is 109 Å². The minimum absolute atomic E-state index is 0.146. The number of hydrogen-bond acceptors (Lipinski definition) is 4. The standard InChI is InChI=1S/C13H14N2O4/c1-8-11(7-12(17)18)13(19-2)15(14-8)9-3-5-10(16)6-4-9/h3-6,16H,7H2,1-2H3,(H,17,18). The third-order valence-corrected chi connectivity index (χ3v) is 2.75. The van der Waals surface area contributed by atoms with E-state index in [0.717, 1.165) is 0 Å². The van der Waals surface area contributed by atoms with Crippen LogP contribution in [0.15, 0.2) is 24.3 Å². The van der Waals surface area contributed by atoms with Crippen LogP contribution >= 0.6 is 0 Å². The molecule has 0 saturated carbocycles. The van der Waals surface area contributed by atoms with E-state index >= 15 is 0 Å². The van der Waals surface area contributed by atoms with Gasteiger partial charge in [-0.3, -0.25) is 4.79 Å². The molecule has 6 heteroatoms. The number of aromatic hydroxyl groups is 1. The summed E-state index contributed by atoms with van der Waals surface area (Å²) in [4.78, 5) is 10.9. The van der Waals surface area contributed by atoms with Crippen molar-refractivity contribution in [2.24, 2.45) is 0 Å². The number of rotatable bonds is 4. The average molecular weight is 262 g/mol. The summed E-state index contributed by atoms with van der Waals surface area (Å²) in [6.07, 6.45) is -0.146. The zero-order chi connectivity index (χ0) is 14.0. The summed E-state index contributed by atoms with van der Waals surface area (Å²) in [6.45, 7) is 1.73. The molecule has 6 nitrogen and oxygen atoms in total. The number of aromatic nitrogens is 2. The smallest absolute Gasteiger partial charge is 0.308 e. The lowest BCUT2D eigenvalue weighted by Gasteiger charge is -2.07. The Bertz CT molecular complexity index is 602. The lowest BCUT2D eigenvalue weighted by atomic mass is 10.2. The molecule has 2 aromatic rings. The van der Waals surface area contributed by atoms with Crippen molar-refractivity contribution in [1.82, 2.24) is 9.78 Å². The zero-order valence-electron chi connectivity index (χ0n) is 10.6. The summed E-state index contributed by atoms with van der Waals surface area (Å²) < 4.78 is 6.78. The Morgan fingerprint density at radius 3 is 2.53 bits per heavy atom. The molecule has 0 atom stereocenters. The summed E-state index contributed by atoms with van der Waals surface area (Å²) in [5.74, 6) is -0.394. The van der Waals surface area contributed by atoms with Crippen molar-refractivity contribution in [1.29, 1.82) is 0 Å². The minimum atomic E-state index is -0.938. The number of nitrogens with zero attached hydrogens (tertiary/aromatic N) is 2. The second-order valence-corrected chi connectivity index (χ2v) is 4.07. The fourth-order valence-electron chi connectivity index (χ4n) is 1.87. The molecule has 0 amide bonds. The number of phenols is 1. The number of phenolic OH excluding ortho intramolecular Hbond substituents is 1. The van der Waals surface area contributed by atoms with Crippen LogP contribution in [0.25, 0.3) is 5.69 Å². The summed E-state index contributed by atoms with van der Waals surface area (Å²) in [7, 11) is 1.47. The Hall–Kier alpha value is -2.50. The van der Waals surface area contributed by atoms with Crippen molar-refractivity contribution in [3.8, 4) is 17.3 Å². The highest BCUT2D eigenvalue weighted by Crippen LogP contribution is 2.26. The Kier molecular flexibility index (Phi) is 3.41. The monoisotopic (exact) mass is 262 g/mol. The molecule has 0 aliphatic carbocycles. The first-order chi connectivity index (χ1) is 9.02. The highest BCUT2D eigenvalue weighted by Gasteiger charge is 2.19. The largest absolute Gasteiger partial charge is 0.508 e. The first-order valence-corrected chi connectivity index (χ1v) is 5.66. The van der Waals surface area contributed by atoms with Crippen LogP contribution in [0.4, 0.5) is 0 Å². The van der Waals surface area contributed by atoms with Crippen LogP contribution in [0, 0.1) is 6.92 Å². The van der Waals surface area contributed by atoms with Crippen LogP contribution in [0.5, 0.6) is 11.6 Å². The van der Waals surface area contributed by atoms with Gasteiger partial charge in [0.05, 0.1) is 24.9 Å². The first kappa shape index (κ1) is 12.9. The van der Waals surface area contributed by atoms with Crippen LogP contribution in [0.2, 0.25) is 0 Å². The Morgan fingerprint density at radius 1 is 1.37 bits per heavy atom. The number of methoxy groups -OCH3 is 1. The summed E-state index contributed by atoms with van der Waals surface area (Å²) in [6, 6.07) is 6.41. The van der Waals surface area contributed by atoms with Gasteiger partial charge in [-0.05, 0) is 31.2 Å². The predicted molar refractivity (Wildman–Crippen MR) is 67.9 cm³/mol. The number of hydrogen-bond donors (Lipinski definition) is 2. The number of ether oxygens (including phenoxy) is 1. The van der Waals surface area contributed by atoms with Gasteiger partial charge in [-0.25, -0.2) is 4.68 Å². The molecule has 1 heterocycles. The molecular weight excluding hydrogens is 248 g/mol. The van der Waals surface area contributed by atoms with Crippen LogP contribution in [-0.2, 0) is 11.2 Å². The van der Waals surface area contributed by atoms with Gasteiger partial charge in [0.25, 0.3) is 0 Å². The Balaban J connectivity index is 2.52. The highest BCUT2D eigenvalue weighted by atomic mass is 16.5. The molecule has 0 aliphatic heterocycles. The van der Waals surface area contributed by atoms with Crippen molar-refractivity contribution >= 4 is 5.97 Å². The molecule has 1 aromatic heterocycles. The molecule has 0 saturated heterocycles. The maximum absolute atomic E-state index is 10.9. The normalized spacial score (nSPS) is 10.4. The van der Waals surface area contributed by atoms with E-state index in [1.807, 2.05) is 0 Å². The molecule has 2 N–H and O–H groups in total. The van der Waals surface area contributed by atoms with Crippen LogP contribution in [0.1, 0.15) is 11.3 Å². The molecule has 0 unspecified atom stereocenters. The fraction of sp³-hybridized carbons (Fsp3) is 0.231. The van der Waals surface area contributed by atoms with E-state index in [0.29, 0.717) is 22.8 Å². The van der Waals surface area contributed by atoms with Gasteiger partial charge in [-0.1, -0.05) is 0 Å². The summed E-state index contributed by atoms with van der Waals surface area (Å²) in [5, 5.41) is 22.5. The predicted octanol–water partition coefficient (Wildman–Crippen LogP) is 1.52. The lowest BCUT2D eigenvalue weighted by Crippen LogP contribution is -2.04. The van der Waals surface area contributed by atoms with Crippen LogP contribution < -0.4 is 4.74 Å². The van der Waals surface area contributed by atoms with Crippen molar-refractivity contribution in [3.63, 3.8) is 0 Å². The van der Waals surface area contributed by atoms with Gasteiger partial charge in [0.15, 0.2) is 0 Å². The summed E-state index contributed by atoms with van der Waals surface area (Å²) >= 11 is 0. The molecule has 100 valence electrons. The van der Waals surface area contributed by atoms with E-state index in [9.17, 15) is 9.90 Å². The minimum Gasteiger partial charge on any atom is -0.508 e. The van der Waals surface area contributed by atoms with Gasteiger partial charge in [-0.2, -0.15) is 5.10 Å². The van der Waals surface area contributed by atoms with Gasteiger partial charge < -0.3 is 14.9 Å². The molecular formula is C13H14N2O4. The van der Waals surface area contributed by atoms with Crippen LogP contribution in [0.3, 0.4) is 0 Å². The second-order valence-electron chi connectivity index (χ2n) is 4.07. The third-order valence-electron chi connectivity index (χ3n) is 2.75. The van der Waals surface area contributed by atoms with Crippen molar-refractivity contribution in [3.05, 3.63) is 35.5 Å². The molecule has 19 heavy (non-hydrogen) atoms. The van der Waals surface area contributed by atoms with Crippen molar-refractivity contribution in [2.45, 2.75) is 13.3 Å². The molecule has 0 aliphatic rings. The van der Waals surface area contributed by atoms with E-state index < -0.39 is 5.97 Å². The molecule has 2 rings (SSSR count). The number of carboxylic acids is 1. The van der Waals surface area contributed by atoms with Gasteiger partial charge in [0, 0.05) is 5.56 Å². The Morgan fingerprint density at radius 2 is 2.00 bits per heavy atom. The number of aliphatic carboxylic acids is 1. The molecule has 0 radical (unpaired) electrons. The number of carbonyl (C=O) groups is 1. The molecule has 1 aromatic carbocycles. The van der Waals surface area contributed by atoms with Crippen LogP contribution in [-0.4, -0.2) is 33.1 Å². The highest BCUT2D eigenvalue weighted by molar-refractivity contribution is 5.71. The maximum atomic E-state index is 10.9. The molecule has 0 bridgehead atoms. The van der Waals surface area contributed by atoms with E-state index in [1.165, 1.54) is 23.9 Å². The van der Waals surface area contributed by atoms with E-state index in [4.69, 9.17) is 9.84 Å². The SMILES string of the molecule is COc1c(CC(=O)O)c(C)nn1-c1ccc(O)cc1. The van der Waals surface area contributed by atoms with Crippen molar-refractivity contribution < 1.29 is 19.7 Å². The number of benzene rings is 1. The topological polar surface area (TPSA) is 84.6 Å². The zero-order valence-corrected chi connectivity index (χ0v) is 10.6. The van der Waals surface area contributed by atoms with Gasteiger partial charge in [0.1, 0.15) is 5.75 Å². The van der Waals surface area contributed by atoms with Gasteiger partial charge in [0.2, 0.25) is 5.88 Å². The number of aryl methyl sites for hydroxylation is 1. The van der Waals surface area contributed by atoms with E-state index in [2.05, 4.69) is 5.10 Å². The third kappa shape index (κ3) is 2.52. The fourth-order valence-corrected chi connectivity index (χ4v) is 1.87. The first-order valence-electron chi connectivity index (χ1n) is 5.66. The second kappa shape index (κ2) is 5.01. The number of carboxylic acid groups (broad SMARTS) is 1. The van der Waals surface area contributed by atoms with Gasteiger partial charge in [-0.15, -0.1) is 0 Å². The molecule has 0 fully saturated rings. The average Bonchev–Trinajstić information content (AvgIpc) is 2.66. The maximum Gasteiger partial charge on any atom is 0.308 e. The van der Waals surface area contributed by atoms with Crippen molar-refractivity contribution in [2.75, 3.05) is 7.11 Å².